The second kappa shape index (κ2) is 4.15. The molecule has 90 valence electrons. The van der Waals surface area contributed by atoms with Crippen LogP contribution in [0, 0.1) is 12.8 Å². The van der Waals surface area contributed by atoms with E-state index >= 15 is 0 Å². The van der Waals surface area contributed by atoms with E-state index in [-0.39, 0.29) is 0 Å². The molecule has 0 unspecified atom stereocenters. The number of hydrogen-bond acceptors (Lipinski definition) is 2. The molecular weight excluding hydrogens is 210 g/mol. The molecule has 1 aromatic heterocycles. The van der Waals surface area contributed by atoms with Crippen molar-refractivity contribution in [3.8, 4) is 0 Å². The molecule has 2 N–H and O–H groups in total. The molecule has 2 heterocycles. The lowest BCUT2D eigenvalue weighted by Gasteiger charge is -2.28. The van der Waals surface area contributed by atoms with Gasteiger partial charge in [0.2, 0.25) is 0 Å². The number of aryl methyl sites for hydroxylation is 1. The minimum Gasteiger partial charge on any atom is -0.310 e. The first-order chi connectivity index (χ1) is 8.24. The topological polar surface area (TPSA) is 40.7 Å². The van der Waals surface area contributed by atoms with Crippen molar-refractivity contribution in [3.63, 3.8) is 0 Å². The van der Waals surface area contributed by atoms with Crippen LogP contribution in [0.3, 0.4) is 0 Å². The van der Waals surface area contributed by atoms with Gasteiger partial charge in [-0.1, -0.05) is 13.0 Å². The standard InChI is InChI=1S/C14H19N3/c1-9-3-5-13(15-8-9)11-4-6-14-12(7-11)10(2)16-17-14/h4,6-7,9,13,15H,3,5,8H2,1-2H3,(H,16,17)/t9-,13+/m1/s1. The summed E-state index contributed by atoms with van der Waals surface area (Å²) < 4.78 is 0. The van der Waals surface area contributed by atoms with E-state index in [4.69, 9.17) is 0 Å². The summed E-state index contributed by atoms with van der Waals surface area (Å²) >= 11 is 0. The van der Waals surface area contributed by atoms with Crippen molar-refractivity contribution in [3.05, 3.63) is 29.5 Å². The number of benzene rings is 1. The van der Waals surface area contributed by atoms with Crippen LogP contribution in [0.15, 0.2) is 18.2 Å². The van der Waals surface area contributed by atoms with Crippen LogP contribution in [-0.2, 0) is 0 Å². The van der Waals surface area contributed by atoms with E-state index in [0.717, 1.165) is 23.7 Å². The van der Waals surface area contributed by atoms with Crippen LogP contribution in [0.4, 0.5) is 0 Å². The van der Waals surface area contributed by atoms with Gasteiger partial charge in [0, 0.05) is 11.4 Å². The van der Waals surface area contributed by atoms with Gasteiger partial charge in [-0.25, -0.2) is 0 Å². The maximum absolute atomic E-state index is 4.25. The quantitative estimate of drug-likeness (QED) is 0.789. The molecule has 3 rings (SSSR count). The fourth-order valence-electron chi connectivity index (χ4n) is 2.66. The maximum Gasteiger partial charge on any atom is 0.0670 e. The number of rotatable bonds is 1. The van der Waals surface area contributed by atoms with Crippen molar-refractivity contribution in [2.45, 2.75) is 32.7 Å². The second-order valence-electron chi connectivity index (χ2n) is 5.26. The molecule has 1 aromatic carbocycles. The van der Waals surface area contributed by atoms with Gasteiger partial charge in [-0.2, -0.15) is 5.10 Å². The Kier molecular flexibility index (Phi) is 2.63. The molecule has 3 heteroatoms. The van der Waals surface area contributed by atoms with Gasteiger partial charge in [-0.05, 0) is 49.9 Å². The van der Waals surface area contributed by atoms with Crippen LogP contribution in [0.1, 0.15) is 37.1 Å². The normalized spacial score (nSPS) is 25.3. The Hall–Kier alpha value is -1.35. The molecule has 17 heavy (non-hydrogen) atoms. The van der Waals surface area contributed by atoms with Gasteiger partial charge in [0.05, 0.1) is 11.2 Å². The molecule has 0 bridgehead atoms. The lowest BCUT2D eigenvalue weighted by atomic mass is 9.91. The zero-order valence-corrected chi connectivity index (χ0v) is 10.5. The number of H-pyrrole nitrogens is 1. The Bertz CT molecular complexity index is 521. The van der Waals surface area contributed by atoms with Gasteiger partial charge in [0.15, 0.2) is 0 Å². The largest absolute Gasteiger partial charge is 0.310 e. The molecule has 1 saturated heterocycles. The summed E-state index contributed by atoms with van der Waals surface area (Å²) in [4.78, 5) is 0. The van der Waals surface area contributed by atoms with Gasteiger partial charge in [0.1, 0.15) is 0 Å². The fraction of sp³-hybridized carbons (Fsp3) is 0.500. The lowest BCUT2D eigenvalue weighted by molar-refractivity contribution is 0.333. The first-order valence-corrected chi connectivity index (χ1v) is 6.42. The Morgan fingerprint density at radius 2 is 2.18 bits per heavy atom. The van der Waals surface area contributed by atoms with Gasteiger partial charge in [-0.15, -0.1) is 0 Å². The highest BCUT2D eigenvalue weighted by Gasteiger charge is 2.19. The predicted molar refractivity (Wildman–Crippen MR) is 70.0 cm³/mol. The summed E-state index contributed by atoms with van der Waals surface area (Å²) in [6.45, 7) is 5.50. The number of hydrogen-bond donors (Lipinski definition) is 2. The molecule has 0 saturated carbocycles. The third-order valence-electron chi connectivity index (χ3n) is 3.84. The van der Waals surface area contributed by atoms with Crippen LogP contribution >= 0.6 is 0 Å². The minimum absolute atomic E-state index is 0.518. The second-order valence-corrected chi connectivity index (χ2v) is 5.26. The summed E-state index contributed by atoms with van der Waals surface area (Å²) in [5, 5.41) is 12.2. The van der Waals surface area contributed by atoms with Crippen molar-refractivity contribution in [1.82, 2.24) is 15.5 Å². The van der Waals surface area contributed by atoms with Gasteiger partial charge < -0.3 is 5.32 Å². The third-order valence-corrected chi connectivity index (χ3v) is 3.84. The van der Waals surface area contributed by atoms with Crippen molar-refractivity contribution in [1.29, 1.82) is 0 Å². The average molecular weight is 229 g/mol. The summed E-state index contributed by atoms with van der Waals surface area (Å²) in [5.41, 5.74) is 3.62. The van der Waals surface area contributed by atoms with Gasteiger partial charge >= 0.3 is 0 Å². The Labute approximate surface area is 102 Å². The number of aromatic nitrogens is 2. The van der Waals surface area contributed by atoms with E-state index in [1.807, 2.05) is 0 Å². The van der Waals surface area contributed by atoms with Gasteiger partial charge in [0.25, 0.3) is 0 Å². The van der Waals surface area contributed by atoms with E-state index in [1.54, 1.807) is 0 Å². The van der Waals surface area contributed by atoms with Crippen LogP contribution < -0.4 is 5.32 Å². The smallest absolute Gasteiger partial charge is 0.0670 e. The monoisotopic (exact) mass is 229 g/mol. The van der Waals surface area contributed by atoms with E-state index in [0.29, 0.717) is 6.04 Å². The molecule has 0 aliphatic carbocycles. The van der Waals surface area contributed by atoms with Crippen molar-refractivity contribution in [2.75, 3.05) is 6.54 Å². The number of nitrogens with one attached hydrogen (secondary N) is 2. The molecular formula is C14H19N3. The summed E-state index contributed by atoms with van der Waals surface area (Å²) in [6.07, 6.45) is 2.56. The number of aromatic amines is 1. The molecule has 2 aromatic rings. The Balaban J connectivity index is 1.92. The van der Waals surface area contributed by atoms with Crippen LogP contribution in [0.5, 0.6) is 0 Å². The molecule has 0 spiro atoms. The van der Waals surface area contributed by atoms with Crippen molar-refractivity contribution >= 4 is 10.9 Å². The van der Waals surface area contributed by atoms with E-state index in [9.17, 15) is 0 Å². The van der Waals surface area contributed by atoms with Crippen LogP contribution in [-0.4, -0.2) is 16.7 Å². The van der Waals surface area contributed by atoms with Crippen LogP contribution in [0.25, 0.3) is 10.9 Å². The highest BCUT2D eigenvalue weighted by molar-refractivity contribution is 5.81. The minimum atomic E-state index is 0.518. The number of fused-ring (bicyclic) bond motifs is 1. The van der Waals surface area contributed by atoms with Crippen molar-refractivity contribution in [2.24, 2.45) is 5.92 Å². The SMILES string of the molecule is Cc1n[nH]c2ccc([C@@H]3CC[C@@H](C)CN3)cc12. The van der Waals surface area contributed by atoms with Gasteiger partial charge in [-0.3, -0.25) is 5.10 Å². The fourth-order valence-corrected chi connectivity index (χ4v) is 2.66. The Morgan fingerprint density at radius 3 is 2.94 bits per heavy atom. The molecule has 1 aliphatic rings. The Morgan fingerprint density at radius 1 is 1.29 bits per heavy atom. The zero-order valence-electron chi connectivity index (χ0n) is 10.5. The highest BCUT2D eigenvalue weighted by atomic mass is 15.1. The van der Waals surface area contributed by atoms with E-state index in [1.165, 1.54) is 23.8 Å². The molecule has 2 atom stereocenters. The third kappa shape index (κ3) is 1.95. The summed E-state index contributed by atoms with van der Waals surface area (Å²) in [5.74, 6) is 0.811. The van der Waals surface area contributed by atoms with Crippen molar-refractivity contribution < 1.29 is 0 Å². The molecule has 3 nitrogen and oxygen atoms in total. The molecule has 1 aliphatic heterocycles. The first kappa shape index (κ1) is 10.8. The number of piperidine rings is 1. The van der Waals surface area contributed by atoms with E-state index < -0.39 is 0 Å². The average Bonchev–Trinajstić information content (AvgIpc) is 2.72. The summed E-state index contributed by atoms with van der Waals surface area (Å²) in [7, 11) is 0. The summed E-state index contributed by atoms with van der Waals surface area (Å²) in [6, 6.07) is 7.16. The molecule has 1 fully saturated rings. The number of nitrogens with zero attached hydrogens (tertiary/aromatic N) is 1. The first-order valence-electron chi connectivity index (χ1n) is 6.42. The lowest BCUT2D eigenvalue weighted by Crippen LogP contribution is -2.31. The highest BCUT2D eigenvalue weighted by Crippen LogP contribution is 2.28. The zero-order chi connectivity index (χ0) is 11.8. The van der Waals surface area contributed by atoms with E-state index in [2.05, 4.69) is 47.6 Å². The maximum atomic E-state index is 4.25. The molecule has 0 amide bonds. The molecule has 0 radical (unpaired) electrons. The predicted octanol–water partition coefficient (Wildman–Crippen LogP) is 2.93. The van der Waals surface area contributed by atoms with Crippen LogP contribution in [0.2, 0.25) is 0 Å².